The van der Waals surface area contributed by atoms with Crippen LogP contribution in [-0.2, 0) is 17.8 Å². The second-order valence-electron chi connectivity index (χ2n) is 6.60. The molecule has 2 unspecified atom stereocenters. The van der Waals surface area contributed by atoms with Gasteiger partial charge in [-0.1, -0.05) is 31.7 Å². The quantitative estimate of drug-likeness (QED) is 0.595. The van der Waals surface area contributed by atoms with Crippen molar-refractivity contribution in [1.29, 1.82) is 0 Å². The predicted octanol–water partition coefficient (Wildman–Crippen LogP) is 2.05. The number of fused-ring (bicyclic) bond motifs is 1. The van der Waals surface area contributed by atoms with Crippen LogP contribution >= 0.6 is 0 Å². The van der Waals surface area contributed by atoms with Crippen molar-refractivity contribution in [1.82, 2.24) is 0 Å². The molecule has 3 rings (SSSR count). The van der Waals surface area contributed by atoms with E-state index in [1.807, 2.05) is 0 Å². The van der Waals surface area contributed by atoms with Crippen molar-refractivity contribution in [2.75, 3.05) is 0 Å². The highest BCUT2D eigenvalue weighted by atomic mass is 19.1. The van der Waals surface area contributed by atoms with E-state index in [2.05, 4.69) is 0 Å². The summed E-state index contributed by atoms with van der Waals surface area (Å²) in [5.41, 5.74) is 7.15. The fourth-order valence-electron chi connectivity index (χ4n) is 3.12. The van der Waals surface area contributed by atoms with E-state index in [1.54, 1.807) is 6.07 Å². The van der Waals surface area contributed by atoms with Gasteiger partial charge in [0.25, 0.3) is 0 Å². The van der Waals surface area contributed by atoms with Crippen LogP contribution in [0.1, 0.15) is 54.7 Å². The lowest BCUT2D eigenvalue weighted by atomic mass is 9.80. The van der Waals surface area contributed by atoms with Crippen LogP contribution in [0.4, 0.5) is 4.39 Å². The molecule has 5 nitrogen and oxygen atoms in total. The molecule has 2 aliphatic rings. The van der Waals surface area contributed by atoms with E-state index in [0.717, 1.165) is 0 Å². The molecule has 24 heavy (non-hydrogen) atoms. The summed E-state index contributed by atoms with van der Waals surface area (Å²) in [4.78, 5) is 11.5. The van der Waals surface area contributed by atoms with Gasteiger partial charge in [-0.25, -0.2) is 4.39 Å². The highest BCUT2D eigenvalue weighted by Gasteiger charge is 2.38. The second kappa shape index (κ2) is 8.60. The molecular weight excluding hydrogens is 312 g/mol. The molecule has 7 heteroatoms. The smallest absolute Gasteiger partial charge is 0.451 e. The Kier molecular flexibility index (Phi) is 6.77. The molecule has 0 aromatic heterocycles. The first-order valence-corrected chi connectivity index (χ1v) is 8.54. The maximum Gasteiger partial charge on any atom is 0.451 e. The molecule has 2 aliphatic carbocycles. The van der Waals surface area contributed by atoms with E-state index in [0.29, 0.717) is 36.0 Å². The first-order valence-electron chi connectivity index (χ1n) is 8.54. The van der Waals surface area contributed by atoms with Crippen molar-refractivity contribution in [3.63, 3.8) is 0 Å². The molecule has 1 fully saturated rings. The number of carbonyl (C=O) groups is 1. The van der Waals surface area contributed by atoms with Crippen LogP contribution in [0.2, 0.25) is 6.32 Å². The van der Waals surface area contributed by atoms with Gasteiger partial charge < -0.3 is 20.9 Å². The van der Waals surface area contributed by atoms with Crippen LogP contribution in [0.5, 0.6) is 0 Å². The number of benzene rings is 1. The second-order valence-corrected chi connectivity index (χ2v) is 6.60. The molecule has 0 heterocycles. The molecule has 5 N–H and O–H groups in total. The highest BCUT2D eigenvalue weighted by Crippen LogP contribution is 2.41. The minimum absolute atomic E-state index is 0.0345. The minimum atomic E-state index is -1.38. The van der Waals surface area contributed by atoms with Gasteiger partial charge in [0, 0.05) is 12.1 Å². The third-order valence-corrected chi connectivity index (χ3v) is 4.47. The van der Waals surface area contributed by atoms with E-state index >= 15 is 0 Å². The molecular formula is C17H25BFNO4. The number of rotatable bonds is 6. The molecule has 0 bridgehead atoms. The van der Waals surface area contributed by atoms with Crippen LogP contribution in [-0.4, -0.2) is 28.2 Å². The van der Waals surface area contributed by atoms with Gasteiger partial charge in [0.1, 0.15) is 5.82 Å². The first-order chi connectivity index (χ1) is 11.4. The number of hydrogen-bond acceptors (Lipinski definition) is 4. The SMILES string of the molecule is C1CC1.NCc1cc2c(cc1F)CC(CCCB(O)O)C2C(=O)O. The maximum atomic E-state index is 13.8. The van der Waals surface area contributed by atoms with Crippen LogP contribution in [0.25, 0.3) is 0 Å². The number of carboxylic acids is 1. The predicted molar refractivity (Wildman–Crippen MR) is 89.9 cm³/mol. The lowest BCUT2D eigenvalue weighted by Crippen LogP contribution is -2.19. The zero-order valence-corrected chi connectivity index (χ0v) is 13.7. The summed E-state index contributed by atoms with van der Waals surface area (Å²) < 4.78 is 13.8. The fourth-order valence-corrected chi connectivity index (χ4v) is 3.12. The number of nitrogens with two attached hydrogens (primary N) is 1. The van der Waals surface area contributed by atoms with Crippen LogP contribution in [0.15, 0.2) is 12.1 Å². The van der Waals surface area contributed by atoms with Crippen LogP contribution in [0, 0.1) is 11.7 Å². The lowest BCUT2D eigenvalue weighted by Gasteiger charge is -2.16. The first kappa shape index (κ1) is 18.9. The molecule has 2 atom stereocenters. The van der Waals surface area contributed by atoms with E-state index in [9.17, 15) is 14.3 Å². The topological polar surface area (TPSA) is 104 Å². The van der Waals surface area contributed by atoms with E-state index in [1.165, 1.54) is 25.3 Å². The number of hydrogen-bond donors (Lipinski definition) is 4. The van der Waals surface area contributed by atoms with Gasteiger partial charge in [-0.2, -0.15) is 0 Å². The Balaban J connectivity index is 0.000000623. The summed E-state index contributed by atoms with van der Waals surface area (Å²) in [5, 5.41) is 27.2. The van der Waals surface area contributed by atoms with Crippen molar-refractivity contribution >= 4 is 13.1 Å². The minimum Gasteiger partial charge on any atom is -0.481 e. The molecule has 1 aromatic carbocycles. The van der Waals surface area contributed by atoms with E-state index in [4.69, 9.17) is 15.8 Å². The van der Waals surface area contributed by atoms with Crippen molar-refractivity contribution in [3.05, 3.63) is 34.6 Å². The standard InChI is InChI=1S/C14H19BFNO4.C3H6/c16-12-6-9-4-8(2-1-3-15(20)21)13(14(18)19)11(9)5-10(12)7-17;1-2-3-1/h5-6,8,13,20-21H,1-4,7,17H2,(H,18,19);1-3H2. The zero-order chi connectivity index (χ0) is 17.7. The summed E-state index contributed by atoms with van der Waals surface area (Å²) in [7, 11) is -1.38. The molecule has 132 valence electrons. The molecule has 1 aromatic rings. The van der Waals surface area contributed by atoms with Crippen molar-refractivity contribution in [2.24, 2.45) is 11.7 Å². The Bertz CT molecular complexity index is 577. The van der Waals surface area contributed by atoms with Crippen LogP contribution < -0.4 is 5.73 Å². The Labute approximate surface area is 141 Å². The van der Waals surface area contributed by atoms with Gasteiger partial charge in [0.15, 0.2) is 0 Å². The van der Waals surface area contributed by atoms with Crippen molar-refractivity contribution < 1.29 is 24.3 Å². The Morgan fingerprint density at radius 3 is 2.46 bits per heavy atom. The molecule has 0 amide bonds. The Morgan fingerprint density at radius 1 is 1.29 bits per heavy atom. The number of halogens is 1. The summed E-state index contributed by atoms with van der Waals surface area (Å²) >= 11 is 0. The van der Waals surface area contributed by atoms with Crippen molar-refractivity contribution in [2.45, 2.75) is 57.3 Å². The third kappa shape index (κ3) is 5.03. The zero-order valence-electron chi connectivity index (χ0n) is 13.7. The third-order valence-electron chi connectivity index (χ3n) is 4.47. The van der Waals surface area contributed by atoms with Gasteiger partial charge in [-0.05, 0) is 42.3 Å². The maximum absolute atomic E-state index is 13.8. The average Bonchev–Trinajstić information content (AvgIpc) is 3.34. The van der Waals surface area contributed by atoms with Gasteiger partial charge in [0.2, 0.25) is 0 Å². The average molecular weight is 337 g/mol. The van der Waals surface area contributed by atoms with E-state index in [-0.39, 0.29) is 18.8 Å². The molecule has 0 radical (unpaired) electrons. The Hall–Kier alpha value is -1.44. The fraction of sp³-hybridized carbons (Fsp3) is 0.588. The van der Waals surface area contributed by atoms with E-state index < -0.39 is 24.8 Å². The molecule has 0 spiro atoms. The largest absolute Gasteiger partial charge is 0.481 e. The summed E-state index contributed by atoms with van der Waals surface area (Å²) in [6.45, 7) is 0.0345. The van der Waals surface area contributed by atoms with Gasteiger partial charge in [-0.15, -0.1) is 0 Å². The molecule has 0 saturated heterocycles. The Morgan fingerprint density at radius 2 is 1.96 bits per heavy atom. The molecule has 1 saturated carbocycles. The summed E-state index contributed by atoms with van der Waals surface area (Å²) in [5.74, 6) is -2.16. The summed E-state index contributed by atoms with van der Waals surface area (Å²) in [6.07, 6.45) is 6.28. The highest BCUT2D eigenvalue weighted by molar-refractivity contribution is 6.40. The molecule has 0 aliphatic heterocycles. The lowest BCUT2D eigenvalue weighted by molar-refractivity contribution is -0.139. The normalized spacial score (nSPS) is 20.8. The van der Waals surface area contributed by atoms with Gasteiger partial charge in [0.05, 0.1) is 5.92 Å². The number of aliphatic carboxylic acids is 1. The number of carboxylic acid groups (broad SMARTS) is 1. The van der Waals surface area contributed by atoms with Gasteiger partial charge >= 0.3 is 13.1 Å². The van der Waals surface area contributed by atoms with Gasteiger partial charge in [-0.3, -0.25) is 4.79 Å². The summed E-state index contributed by atoms with van der Waals surface area (Å²) in [6, 6.07) is 2.94. The monoisotopic (exact) mass is 337 g/mol. The van der Waals surface area contributed by atoms with Crippen LogP contribution in [0.3, 0.4) is 0 Å². The van der Waals surface area contributed by atoms with Crippen molar-refractivity contribution in [3.8, 4) is 0 Å².